The SMILES string of the molecule is O=C(COc1ccc([N+](=O)[O-])c(F)c1)NCc1ccc(-n2ccc(C(F)(F)F)n2)cc1. The minimum Gasteiger partial charge on any atom is -0.484 e. The Morgan fingerprint density at radius 1 is 1.16 bits per heavy atom. The Morgan fingerprint density at radius 3 is 2.45 bits per heavy atom. The predicted octanol–water partition coefficient (Wildman–Crippen LogP) is 3.63. The van der Waals surface area contributed by atoms with E-state index < -0.39 is 40.8 Å². The van der Waals surface area contributed by atoms with E-state index in [0.717, 1.165) is 22.9 Å². The zero-order chi connectivity index (χ0) is 22.6. The van der Waals surface area contributed by atoms with Crippen molar-refractivity contribution in [1.29, 1.82) is 0 Å². The van der Waals surface area contributed by atoms with Crippen LogP contribution in [0.1, 0.15) is 11.3 Å². The van der Waals surface area contributed by atoms with E-state index in [1.54, 1.807) is 24.3 Å². The summed E-state index contributed by atoms with van der Waals surface area (Å²) in [6, 6.07) is 10.1. The van der Waals surface area contributed by atoms with Gasteiger partial charge in [-0.25, -0.2) is 4.68 Å². The van der Waals surface area contributed by atoms with Gasteiger partial charge in [0.2, 0.25) is 5.82 Å². The molecular formula is C19H14F4N4O4. The average Bonchev–Trinajstić information content (AvgIpc) is 3.22. The van der Waals surface area contributed by atoms with Crippen molar-refractivity contribution >= 4 is 11.6 Å². The van der Waals surface area contributed by atoms with Gasteiger partial charge in [-0.1, -0.05) is 12.1 Å². The lowest BCUT2D eigenvalue weighted by Gasteiger charge is -2.09. The van der Waals surface area contributed by atoms with E-state index in [1.165, 1.54) is 12.3 Å². The molecule has 0 radical (unpaired) electrons. The first-order valence-electron chi connectivity index (χ1n) is 8.69. The van der Waals surface area contributed by atoms with Crippen LogP contribution in [0.5, 0.6) is 5.75 Å². The van der Waals surface area contributed by atoms with Gasteiger partial charge in [0.25, 0.3) is 5.91 Å². The lowest BCUT2D eigenvalue weighted by atomic mass is 10.2. The molecule has 162 valence electrons. The Hall–Kier alpha value is -3.96. The first-order valence-corrected chi connectivity index (χ1v) is 8.69. The fraction of sp³-hybridized carbons (Fsp3) is 0.158. The molecule has 0 aliphatic rings. The van der Waals surface area contributed by atoms with Gasteiger partial charge in [0.15, 0.2) is 12.3 Å². The number of carbonyl (C=O) groups excluding carboxylic acids is 1. The van der Waals surface area contributed by atoms with Gasteiger partial charge in [0.1, 0.15) is 5.75 Å². The Morgan fingerprint density at radius 2 is 1.87 bits per heavy atom. The molecule has 1 amide bonds. The third-order valence-electron chi connectivity index (χ3n) is 4.06. The summed E-state index contributed by atoms with van der Waals surface area (Å²) in [4.78, 5) is 21.6. The number of nitrogens with zero attached hydrogens (tertiary/aromatic N) is 3. The van der Waals surface area contributed by atoms with Crippen LogP contribution < -0.4 is 10.1 Å². The van der Waals surface area contributed by atoms with Gasteiger partial charge in [-0.2, -0.15) is 22.7 Å². The Balaban J connectivity index is 1.51. The maximum Gasteiger partial charge on any atom is 0.435 e. The number of benzene rings is 2. The minimum absolute atomic E-state index is 0.0416. The van der Waals surface area contributed by atoms with Crippen LogP contribution in [-0.2, 0) is 17.5 Å². The fourth-order valence-corrected chi connectivity index (χ4v) is 2.51. The monoisotopic (exact) mass is 438 g/mol. The van der Waals surface area contributed by atoms with Gasteiger partial charge in [0.05, 0.1) is 10.6 Å². The number of carbonyl (C=O) groups is 1. The number of alkyl halides is 3. The maximum atomic E-state index is 13.5. The van der Waals surface area contributed by atoms with Crippen molar-refractivity contribution in [3.8, 4) is 11.4 Å². The zero-order valence-corrected chi connectivity index (χ0v) is 15.6. The van der Waals surface area contributed by atoms with Crippen LogP contribution in [0.25, 0.3) is 5.69 Å². The highest BCUT2D eigenvalue weighted by atomic mass is 19.4. The number of nitro groups is 1. The number of nitro benzene ring substituents is 1. The van der Waals surface area contributed by atoms with E-state index >= 15 is 0 Å². The summed E-state index contributed by atoms with van der Waals surface area (Å²) in [7, 11) is 0. The summed E-state index contributed by atoms with van der Waals surface area (Å²) >= 11 is 0. The highest BCUT2D eigenvalue weighted by molar-refractivity contribution is 5.77. The molecule has 0 aliphatic heterocycles. The normalized spacial score (nSPS) is 11.2. The lowest BCUT2D eigenvalue weighted by Crippen LogP contribution is -2.28. The number of nitrogens with one attached hydrogen (secondary N) is 1. The van der Waals surface area contributed by atoms with E-state index in [0.29, 0.717) is 11.3 Å². The first-order chi connectivity index (χ1) is 14.6. The van der Waals surface area contributed by atoms with Crippen LogP contribution >= 0.6 is 0 Å². The minimum atomic E-state index is -4.53. The van der Waals surface area contributed by atoms with Crippen molar-refractivity contribution in [2.24, 2.45) is 0 Å². The van der Waals surface area contributed by atoms with Gasteiger partial charge in [-0.3, -0.25) is 14.9 Å². The zero-order valence-electron chi connectivity index (χ0n) is 15.6. The van der Waals surface area contributed by atoms with Crippen LogP contribution in [0.4, 0.5) is 23.2 Å². The molecule has 1 N–H and O–H groups in total. The lowest BCUT2D eigenvalue weighted by molar-refractivity contribution is -0.387. The number of hydrogen-bond donors (Lipinski definition) is 1. The largest absolute Gasteiger partial charge is 0.484 e. The van der Waals surface area contributed by atoms with Gasteiger partial charge in [-0.05, 0) is 29.8 Å². The smallest absolute Gasteiger partial charge is 0.435 e. The third kappa shape index (κ3) is 5.56. The molecule has 0 spiro atoms. The number of amides is 1. The number of rotatable bonds is 7. The molecule has 0 unspecified atom stereocenters. The van der Waals surface area contributed by atoms with E-state index in [1.807, 2.05) is 0 Å². The van der Waals surface area contributed by atoms with Crippen LogP contribution in [0.3, 0.4) is 0 Å². The van der Waals surface area contributed by atoms with Crippen molar-refractivity contribution in [2.75, 3.05) is 6.61 Å². The Labute approximate surface area is 172 Å². The van der Waals surface area contributed by atoms with Crippen molar-refractivity contribution in [3.63, 3.8) is 0 Å². The second-order valence-electron chi connectivity index (χ2n) is 6.25. The molecule has 0 bridgehead atoms. The number of halogens is 4. The van der Waals surface area contributed by atoms with Crippen LogP contribution in [0.15, 0.2) is 54.7 Å². The van der Waals surface area contributed by atoms with Crippen molar-refractivity contribution < 1.29 is 32.0 Å². The molecule has 12 heteroatoms. The fourth-order valence-electron chi connectivity index (χ4n) is 2.51. The quantitative estimate of drug-likeness (QED) is 0.345. The molecule has 1 heterocycles. The summed E-state index contributed by atoms with van der Waals surface area (Å²) in [5, 5.41) is 16.6. The van der Waals surface area contributed by atoms with Crippen LogP contribution in [0.2, 0.25) is 0 Å². The van der Waals surface area contributed by atoms with Crippen LogP contribution in [0, 0.1) is 15.9 Å². The molecule has 1 aromatic heterocycles. The first kappa shape index (κ1) is 21.7. The third-order valence-corrected chi connectivity index (χ3v) is 4.06. The van der Waals surface area contributed by atoms with Crippen molar-refractivity contribution in [3.05, 3.63) is 81.9 Å². The highest BCUT2D eigenvalue weighted by Gasteiger charge is 2.33. The maximum absolute atomic E-state index is 13.5. The summed E-state index contributed by atoms with van der Waals surface area (Å²) in [6.45, 7) is -0.327. The van der Waals surface area contributed by atoms with Crippen molar-refractivity contribution in [2.45, 2.75) is 12.7 Å². The molecule has 0 fully saturated rings. The van der Waals surface area contributed by atoms with E-state index in [9.17, 15) is 32.5 Å². The number of ether oxygens (including phenoxy) is 1. The van der Waals surface area contributed by atoms with Gasteiger partial charge in [0, 0.05) is 24.9 Å². The molecule has 31 heavy (non-hydrogen) atoms. The average molecular weight is 438 g/mol. The van der Waals surface area contributed by atoms with Crippen LogP contribution in [-0.4, -0.2) is 27.2 Å². The van der Waals surface area contributed by atoms with E-state index in [4.69, 9.17) is 4.74 Å². The summed E-state index contributed by atoms with van der Waals surface area (Å²) in [5.41, 5.74) is -0.627. The van der Waals surface area contributed by atoms with E-state index in [-0.39, 0.29) is 12.3 Å². The van der Waals surface area contributed by atoms with E-state index in [2.05, 4.69) is 10.4 Å². The molecule has 0 saturated carbocycles. The standard InChI is InChI=1S/C19H14F4N4O4/c20-15-9-14(5-6-16(15)27(29)30)31-11-18(28)24-10-12-1-3-13(4-2-12)26-8-7-17(25-26)19(21,22)23/h1-9H,10-11H2,(H,24,28). The number of aromatic nitrogens is 2. The Bertz CT molecular complexity index is 1100. The second kappa shape index (κ2) is 8.81. The van der Waals surface area contributed by atoms with Gasteiger partial charge in [-0.15, -0.1) is 0 Å². The highest BCUT2D eigenvalue weighted by Crippen LogP contribution is 2.28. The summed E-state index contributed by atoms with van der Waals surface area (Å²) in [6.07, 6.45) is -3.34. The molecule has 3 aromatic rings. The molecule has 0 saturated heterocycles. The molecule has 8 nitrogen and oxygen atoms in total. The molecule has 0 atom stereocenters. The number of hydrogen-bond acceptors (Lipinski definition) is 5. The molecule has 0 aliphatic carbocycles. The van der Waals surface area contributed by atoms with Crippen molar-refractivity contribution in [1.82, 2.24) is 15.1 Å². The summed E-state index contributed by atoms with van der Waals surface area (Å²) < 4.78 is 57.6. The van der Waals surface area contributed by atoms with Gasteiger partial charge >= 0.3 is 11.9 Å². The van der Waals surface area contributed by atoms with Gasteiger partial charge < -0.3 is 10.1 Å². The predicted molar refractivity (Wildman–Crippen MR) is 99.0 cm³/mol. The summed E-state index contributed by atoms with van der Waals surface area (Å²) in [5.74, 6) is -1.65. The second-order valence-corrected chi connectivity index (χ2v) is 6.25. The Kier molecular flexibility index (Phi) is 6.18. The molecule has 2 aromatic carbocycles. The molecular weight excluding hydrogens is 424 g/mol. The molecule has 3 rings (SSSR count). The topological polar surface area (TPSA) is 99.3 Å².